The zero-order chi connectivity index (χ0) is 32.0. The molecule has 2 aliphatic rings. The minimum absolute atomic E-state index is 0. The molecule has 2 aromatic heterocycles. The van der Waals surface area contributed by atoms with E-state index in [0.29, 0.717) is 59.5 Å². The summed E-state index contributed by atoms with van der Waals surface area (Å²) in [7, 11) is 0. The van der Waals surface area contributed by atoms with Gasteiger partial charge in [-0.25, -0.2) is 9.88 Å². The number of carbonyl (C=O) groups excluding carboxylic acids is 2. The SMILES string of the molecule is Cl.NCC1CCC(C(=O)N(C(=O)[C@@H](N)Cc2ccc(-c3cnc(N4CCCCC4)[nH]c3=O)cc2)c2ccc(-c3nn[nH]n3)cc2)CC1. The number of aromatic amines is 2. The minimum Gasteiger partial charge on any atom is -0.342 e. The Morgan fingerprint density at radius 2 is 1.64 bits per heavy atom. The van der Waals surface area contributed by atoms with E-state index in [1.165, 1.54) is 11.3 Å². The molecule has 0 bridgehead atoms. The van der Waals surface area contributed by atoms with E-state index in [4.69, 9.17) is 11.5 Å². The fourth-order valence-electron chi connectivity index (χ4n) is 6.42. The highest BCUT2D eigenvalue weighted by molar-refractivity contribution is 6.17. The topological polar surface area (TPSA) is 193 Å². The average molecular weight is 661 g/mol. The zero-order valence-electron chi connectivity index (χ0n) is 26.2. The monoisotopic (exact) mass is 660 g/mol. The molecule has 1 aliphatic heterocycles. The van der Waals surface area contributed by atoms with E-state index in [2.05, 4.69) is 35.5 Å². The number of carbonyl (C=O) groups is 2. The van der Waals surface area contributed by atoms with Crippen molar-refractivity contribution in [1.29, 1.82) is 0 Å². The van der Waals surface area contributed by atoms with Gasteiger partial charge in [-0.3, -0.25) is 19.4 Å². The van der Waals surface area contributed by atoms with Crippen LogP contribution in [0, 0.1) is 11.8 Å². The van der Waals surface area contributed by atoms with Crippen LogP contribution in [0.5, 0.6) is 0 Å². The molecule has 2 amide bonds. The van der Waals surface area contributed by atoms with Crippen LogP contribution in [-0.4, -0.2) is 68.1 Å². The number of nitrogens with one attached hydrogen (secondary N) is 2. The molecule has 0 radical (unpaired) electrons. The molecule has 1 atom stereocenters. The van der Waals surface area contributed by atoms with E-state index in [9.17, 15) is 14.4 Å². The number of aromatic nitrogens is 6. The summed E-state index contributed by atoms with van der Waals surface area (Å²) in [5.41, 5.74) is 15.3. The van der Waals surface area contributed by atoms with Gasteiger partial charge in [-0.15, -0.1) is 22.6 Å². The first-order valence-corrected chi connectivity index (χ1v) is 16.0. The van der Waals surface area contributed by atoms with Crippen molar-refractivity contribution in [3.8, 4) is 22.5 Å². The van der Waals surface area contributed by atoms with Gasteiger partial charge in [-0.1, -0.05) is 24.3 Å². The molecule has 2 fully saturated rings. The number of rotatable bonds is 9. The normalized spacial score (nSPS) is 18.6. The van der Waals surface area contributed by atoms with Crippen LogP contribution in [0.2, 0.25) is 0 Å². The van der Waals surface area contributed by atoms with Crippen molar-refractivity contribution in [3.05, 3.63) is 70.6 Å². The summed E-state index contributed by atoms with van der Waals surface area (Å²) in [5, 5.41) is 14.0. The number of imide groups is 1. The predicted octanol–water partition coefficient (Wildman–Crippen LogP) is 3.22. The number of nitrogens with two attached hydrogens (primary N) is 2. The van der Waals surface area contributed by atoms with Crippen LogP contribution in [0.25, 0.3) is 22.5 Å². The number of anilines is 2. The molecule has 1 aliphatic carbocycles. The molecule has 6 rings (SSSR count). The van der Waals surface area contributed by atoms with Crippen molar-refractivity contribution in [2.24, 2.45) is 23.3 Å². The van der Waals surface area contributed by atoms with E-state index in [0.717, 1.165) is 44.3 Å². The van der Waals surface area contributed by atoms with Crippen molar-refractivity contribution in [2.75, 3.05) is 29.4 Å². The largest absolute Gasteiger partial charge is 0.342 e. The average Bonchev–Trinajstić information content (AvgIpc) is 3.65. The van der Waals surface area contributed by atoms with Crippen molar-refractivity contribution in [2.45, 2.75) is 57.4 Å². The lowest BCUT2D eigenvalue weighted by Gasteiger charge is -2.32. The molecule has 3 heterocycles. The molecule has 1 saturated carbocycles. The summed E-state index contributed by atoms with van der Waals surface area (Å²) in [4.78, 5) is 51.5. The maximum Gasteiger partial charge on any atom is 0.260 e. The number of piperidine rings is 1. The molecule has 6 N–H and O–H groups in total. The summed E-state index contributed by atoms with van der Waals surface area (Å²) >= 11 is 0. The van der Waals surface area contributed by atoms with E-state index >= 15 is 0 Å². The van der Waals surface area contributed by atoms with Crippen molar-refractivity contribution < 1.29 is 9.59 Å². The van der Waals surface area contributed by atoms with Crippen LogP contribution in [0.15, 0.2) is 59.5 Å². The van der Waals surface area contributed by atoms with Gasteiger partial charge in [-0.2, -0.15) is 5.21 Å². The summed E-state index contributed by atoms with van der Waals surface area (Å²) < 4.78 is 0. The summed E-state index contributed by atoms with van der Waals surface area (Å²) in [6.07, 6.45) is 8.26. The number of hydrogen-bond donors (Lipinski definition) is 4. The lowest BCUT2D eigenvalue weighted by atomic mass is 9.81. The number of nitrogens with zero attached hydrogens (tertiary/aromatic N) is 6. The first-order valence-electron chi connectivity index (χ1n) is 16.0. The fourth-order valence-corrected chi connectivity index (χ4v) is 6.42. The highest BCUT2D eigenvalue weighted by Gasteiger charge is 2.35. The smallest absolute Gasteiger partial charge is 0.260 e. The van der Waals surface area contributed by atoms with Crippen molar-refractivity contribution in [1.82, 2.24) is 30.6 Å². The second-order valence-electron chi connectivity index (χ2n) is 12.3. The lowest BCUT2D eigenvalue weighted by Crippen LogP contribution is -2.50. The molecule has 1 saturated heterocycles. The highest BCUT2D eigenvalue weighted by atomic mass is 35.5. The van der Waals surface area contributed by atoms with Crippen LogP contribution >= 0.6 is 12.4 Å². The molecular weight excluding hydrogens is 620 g/mol. The Bertz CT molecular complexity index is 1680. The molecule has 47 heavy (non-hydrogen) atoms. The highest BCUT2D eigenvalue weighted by Crippen LogP contribution is 2.32. The van der Waals surface area contributed by atoms with Crippen LogP contribution in [0.1, 0.15) is 50.5 Å². The zero-order valence-corrected chi connectivity index (χ0v) is 27.0. The maximum absolute atomic E-state index is 13.9. The number of halogens is 1. The van der Waals surface area contributed by atoms with Crippen LogP contribution in [0.4, 0.5) is 11.6 Å². The van der Waals surface area contributed by atoms with Crippen molar-refractivity contribution >= 4 is 35.9 Å². The van der Waals surface area contributed by atoms with Gasteiger partial charge in [0.2, 0.25) is 17.7 Å². The Morgan fingerprint density at radius 3 is 2.26 bits per heavy atom. The number of amides is 2. The van der Waals surface area contributed by atoms with Gasteiger partial charge >= 0.3 is 0 Å². The first-order chi connectivity index (χ1) is 22.4. The third-order valence-corrected chi connectivity index (χ3v) is 9.18. The Balaban J connectivity index is 0.00000433. The second kappa shape index (κ2) is 15.4. The lowest BCUT2D eigenvalue weighted by molar-refractivity contribution is -0.130. The third-order valence-electron chi connectivity index (χ3n) is 9.18. The van der Waals surface area contributed by atoms with Crippen LogP contribution < -0.4 is 26.8 Å². The number of benzene rings is 2. The summed E-state index contributed by atoms with van der Waals surface area (Å²) in [6, 6.07) is 13.3. The molecular formula is C33H41ClN10O3. The Labute approximate surface area is 278 Å². The second-order valence-corrected chi connectivity index (χ2v) is 12.3. The molecule has 0 unspecified atom stereocenters. The quantitative estimate of drug-likeness (QED) is 0.207. The van der Waals surface area contributed by atoms with Gasteiger partial charge in [0.15, 0.2) is 0 Å². The molecule has 248 valence electrons. The summed E-state index contributed by atoms with van der Waals surface area (Å²) in [6.45, 7) is 2.37. The summed E-state index contributed by atoms with van der Waals surface area (Å²) in [5.74, 6) is 0.390. The first kappa shape index (κ1) is 33.9. The number of hydrogen-bond acceptors (Lipinski definition) is 10. The molecule has 4 aromatic rings. The van der Waals surface area contributed by atoms with Gasteiger partial charge < -0.3 is 16.4 Å². The van der Waals surface area contributed by atoms with Gasteiger partial charge in [0.25, 0.3) is 11.5 Å². The van der Waals surface area contributed by atoms with Crippen LogP contribution in [-0.2, 0) is 16.0 Å². The van der Waals surface area contributed by atoms with Gasteiger partial charge in [-0.05, 0) is 104 Å². The molecule has 14 heteroatoms. The van der Waals surface area contributed by atoms with Gasteiger partial charge in [0.1, 0.15) is 0 Å². The Morgan fingerprint density at radius 1 is 0.957 bits per heavy atom. The Kier molecular flexibility index (Phi) is 11.1. The van der Waals surface area contributed by atoms with Gasteiger partial charge in [0, 0.05) is 30.8 Å². The van der Waals surface area contributed by atoms with Crippen LogP contribution in [0.3, 0.4) is 0 Å². The van der Waals surface area contributed by atoms with E-state index in [1.54, 1.807) is 30.5 Å². The van der Waals surface area contributed by atoms with E-state index < -0.39 is 11.9 Å². The van der Waals surface area contributed by atoms with Crippen molar-refractivity contribution in [3.63, 3.8) is 0 Å². The fraction of sp³-hybridized carbons (Fsp3) is 0.424. The number of H-pyrrole nitrogens is 2. The van der Waals surface area contributed by atoms with Gasteiger partial charge in [0.05, 0.1) is 17.3 Å². The standard InChI is InChI=1S/C33H40N10O3.ClH/c34-19-22-6-10-25(11-7-22)31(45)43(26-14-12-24(13-15-26)29-38-40-41-39-29)32(46)28(35)18-21-4-8-23(9-5-21)27-20-36-33(37-30(27)44)42-16-2-1-3-17-42;/h4-5,8-9,12-15,20,22,25,28H,1-3,6-7,10-11,16-19,34-35H2,(H,36,37,44)(H,38,39,40,41);1H/t22?,25?,28-;/m0./s1. The number of tetrazole rings is 1. The molecule has 13 nitrogen and oxygen atoms in total. The predicted molar refractivity (Wildman–Crippen MR) is 182 cm³/mol. The molecule has 0 spiro atoms. The Hall–Kier alpha value is -4.46. The van der Waals surface area contributed by atoms with E-state index in [-0.39, 0.29) is 36.2 Å². The third kappa shape index (κ3) is 7.75. The molecule has 2 aromatic carbocycles. The minimum atomic E-state index is -0.971. The maximum atomic E-state index is 13.9. The van der Waals surface area contributed by atoms with E-state index in [1.807, 2.05) is 24.3 Å².